The lowest BCUT2D eigenvalue weighted by Crippen LogP contribution is -2.29. The van der Waals surface area contributed by atoms with E-state index >= 15 is 0 Å². The van der Waals surface area contributed by atoms with Crippen LogP contribution in [0.2, 0.25) is 0 Å². The van der Waals surface area contributed by atoms with Gasteiger partial charge in [-0.3, -0.25) is 14.9 Å². The molecule has 0 spiro atoms. The van der Waals surface area contributed by atoms with E-state index in [1.165, 1.54) is 12.1 Å². The second-order valence-electron chi connectivity index (χ2n) is 7.86. The molecule has 3 aromatic carbocycles. The van der Waals surface area contributed by atoms with E-state index in [-0.39, 0.29) is 23.8 Å². The third-order valence-electron chi connectivity index (χ3n) is 5.60. The van der Waals surface area contributed by atoms with Gasteiger partial charge in [-0.1, -0.05) is 24.3 Å². The molecular weight excluding hydrogens is 446 g/mol. The van der Waals surface area contributed by atoms with Crippen molar-refractivity contribution in [3.63, 3.8) is 0 Å². The molecule has 0 N–H and O–H groups in total. The van der Waals surface area contributed by atoms with E-state index in [0.29, 0.717) is 30.2 Å². The molecule has 0 aliphatic carbocycles. The van der Waals surface area contributed by atoms with E-state index in [1.807, 2.05) is 37.3 Å². The van der Waals surface area contributed by atoms with Gasteiger partial charge >= 0.3 is 0 Å². The molecule has 0 atom stereocenters. The number of non-ortho nitro benzene ring substituents is 1. The molecule has 176 valence electrons. The van der Waals surface area contributed by atoms with Gasteiger partial charge in [-0.25, -0.2) is 0 Å². The van der Waals surface area contributed by atoms with Crippen molar-refractivity contribution >= 4 is 23.4 Å². The van der Waals surface area contributed by atoms with E-state index in [1.54, 1.807) is 41.3 Å². The fourth-order valence-electron chi connectivity index (χ4n) is 3.88. The monoisotopic (exact) mass is 469 g/mol. The molecule has 8 heteroatoms. The summed E-state index contributed by atoms with van der Waals surface area (Å²) >= 11 is 0. The standard InChI is InChI=1S/C27H23N3O5/c1-2-34-26-16-20(9-12-25(26)35-18-19-7-10-23(11-8-19)30(32)33)15-22(17-28)27(31)29-14-13-21-5-3-4-6-24(21)29/h3-12,15-16H,2,13-14,18H2,1H3/b22-15+. The fourth-order valence-corrected chi connectivity index (χ4v) is 3.88. The molecule has 1 amide bonds. The Hall–Kier alpha value is -4.64. The van der Waals surface area contributed by atoms with Crippen molar-refractivity contribution < 1.29 is 19.2 Å². The van der Waals surface area contributed by atoms with Crippen LogP contribution in [-0.2, 0) is 17.8 Å². The van der Waals surface area contributed by atoms with Crippen LogP contribution < -0.4 is 14.4 Å². The third kappa shape index (κ3) is 5.31. The Kier molecular flexibility index (Phi) is 7.07. The van der Waals surface area contributed by atoms with Gasteiger partial charge in [0.15, 0.2) is 11.5 Å². The summed E-state index contributed by atoms with van der Waals surface area (Å²) in [5, 5.41) is 20.5. The number of amides is 1. The first-order valence-corrected chi connectivity index (χ1v) is 11.1. The van der Waals surface area contributed by atoms with Gasteiger partial charge in [0.2, 0.25) is 0 Å². The maximum absolute atomic E-state index is 13.1. The van der Waals surface area contributed by atoms with Gasteiger partial charge < -0.3 is 14.4 Å². The Labute approximate surface area is 202 Å². The summed E-state index contributed by atoms with van der Waals surface area (Å²) in [6, 6.07) is 21.0. The first-order valence-electron chi connectivity index (χ1n) is 11.1. The second kappa shape index (κ2) is 10.5. The van der Waals surface area contributed by atoms with E-state index in [2.05, 4.69) is 0 Å². The van der Waals surface area contributed by atoms with Gasteiger partial charge in [0, 0.05) is 24.4 Å². The number of fused-ring (bicyclic) bond motifs is 1. The topological polar surface area (TPSA) is 106 Å². The Morgan fingerprint density at radius 2 is 1.89 bits per heavy atom. The molecular formula is C27H23N3O5. The first kappa shape index (κ1) is 23.5. The molecule has 0 fully saturated rings. The van der Waals surface area contributed by atoms with Gasteiger partial charge in [0.25, 0.3) is 11.6 Å². The lowest BCUT2D eigenvalue weighted by Gasteiger charge is -2.17. The SMILES string of the molecule is CCOc1cc(/C=C(\C#N)C(=O)N2CCc3ccccc32)ccc1OCc1ccc([N+](=O)[O-])cc1. The Bertz CT molecular complexity index is 1330. The molecule has 8 nitrogen and oxygen atoms in total. The van der Waals surface area contributed by atoms with Crippen molar-refractivity contribution in [2.24, 2.45) is 0 Å². The highest BCUT2D eigenvalue weighted by Gasteiger charge is 2.26. The largest absolute Gasteiger partial charge is 0.490 e. The highest BCUT2D eigenvalue weighted by molar-refractivity contribution is 6.12. The molecule has 0 aromatic heterocycles. The molecule has 0 saturated carbocycles. The summed E-state index contributed by atoms with van der Waals surface area (Å²) in [7, 11) is 0. The number of hydrogen-bond acceptors (Lipinski definition) is 6. The van der Waals surface area contributed by atoms with Crippen LogP contribution in [0.4, 0.5) is 11.4 Å². The summed E-state index contributed by atoms with van der Waals surface area (Å²) in [4.78, 5) is 25.1. The quantitative estimate of drug-likeness (QED) is 0.197. The number of nitriles is 1. The summed E-state index contributed by atoms with van der Waals surface area (Å²) in [6.45, 7) is 2.98. The molecule has 4 rings (SSSR count). The normalized spacial score (nSPS) is 12.6. The Morgan fingerprint density at radius 1 is 1.11 bits per heavy atom. The molecule has 1 aliphatic heterocycles. The average Bonchev–Trinajstić information content (AvgIpc) is 3.31. The number of para-hydroxylation sites is 1. The van der Waals surface area contributed by atoms with Crippen LogP contribution in [0.5, 0.6) is 11.5 Å². The number of carbonyl (C=O) groups is 1. The minimum Gasteiger partial charge on any atom is -0.490 e. The molecule has 1 heterocycles. The smallest absolute Gasteiger partial charge is 0.269 e. The number of rotatable bonds is 8. The predicted molar refractivity (Wildman–Crippen MR) is 131 cm³/mol. The number of nitro groups is 1. The molecule has 0 bridgehead atoms. The lowest BCUT2D eigenvalue weighted by molar-refractivity contribution is -0.384. The van der Waals surface area contributed by atoms with Crippen LogP contribution in [-0.4, -0.2) is 24.0 Å². The highest BCUT2D eigenvalue weighted by atomic mass is 16.6. The number of anilines is 1. The molecule has 0 saturated heterocycles. The molecule has 1 aliphatic rings. The number of hydrogen-bond donors (Lipinski definition) is 0. The predicted octanol–water partition coefficient (Wildman–Crippen LogP) is 5.07. The van der Waals surface area contributed by atoms with Crippen LogP contribution in [0.3, 0.4) is 0 Å². The minimum atomic E-state index is -0.452. The van der Waals surface area contributed by atoms with E-state index in [4.69, 9.17) is 9.47 Å². The number of benzene rings is 3. The summed E-state index contributed by atoms with van der Waals surface area (Å²) in [5.41, 5.74) is 3.37. The van der Waals surface area contributed by atoms with Gasteiger partial charge in [0.1, 0.15) is 18.2 Å². The summed E-state index contributed by atoms with van der Waals surface area (Å²) < 4.78 is 11.6. The number of nitro benzene ring substituents is 1. The Balaban J connectivity index is 1.52. The number of carbonyl (C=O) groups excluding carboxylic acids is 1. The molecule has 0 radical (unpaired) electrons. The van der Waals surface area contributed by atoms with E-state index in [9.17, 15) is 20.2 Å². The van der Waals surface area contributed by atoms with Gasteiger partial charge in [-0.05, 0) is 66.4 Å². The minimum absolute atomic E-state index is 0.0140. The van der Waals surface area contributed by atoms with E-state index in [0.717, 1.165) is 23.2 Å². The highest BCUT2D eigenvalue weighted by Crippen LogP contribution is 2.32. The number of ether oxygens (including phenoxy) is 2. The third-order valence-corrected chi connectivity index (χ3v) is 5.60. The van der Waals surface area contributed by atoms with Gasteiger partial charge in [-0.15, -0.1) is 0 Å². The maximum atomic E-state index is 13.1. The first-order chi connectivity index (χ1) is 17.0. The van der Waals surface area contributed by atoms with Crippen LogP contribution in [0.1, 0.15) is 23.6 Å². The zero-order valence-electron chi connectivity index (χ0n) is 19.1. The van der Waals surface area contributed by atoms with Crippen LogP contribution in [0.15, 0.2) is 72.3 Å². The average molecular weight is 469 g/mol. The van der Waals surface area contributed by atoms with Crippen molar-refractivity contribution in [2.75, 3.05) is 18.1 Å². The van der Waals surface area contributed by atoms with Gasteiger partial charge in [-0.2, -0.15) is 5.26 Å². The van der Waals surface area contributed by atoms with Crippen molar-refractivity contribution in [3.8, 4) is 17.6 Å². The maximum Gasteiger partial charge on any atom is 0.269 e. The van der Waals surface area contributed by atoms with Crippen molar-refractivity contribution in [2.45, 2.75) is 20.0 Å². The van der Waals surface area contributed by atoms with Gasteiger partial charge in [0.05, 0.1) is 11.5 Å². The number of nitrogens with zero attached hydrogens (tertiary/aromatic N) is 3. The lowest BCUT2D eigenvalue weighted by atomic mass is 10.1. The van der Waals surface area contributed by atoms with E-state index < -0.39 is 4.92 Å². The zero-order valence-corrected chi connectivity index (χ0v) is 19.1. The van der Waals surface area contributed by atoms with Crippen molar-refractivity contribution in [3.05, 3.63) is 99.1 Å². The molecule has 35 heavy (non-hydrogen) atoms. The summed E-state index contributed by atoms with van der Waals surface area (Å²) in [6.07, 6.45) is 2.31. The second-order valence-corrected chi connectivity index (χ2v) is 7.86. The Morgan fingerprint density at radius 3 is 2.60 bits per heavy atom. The van der Waals surface area contributed by atoms with Crippen molar-refractivity contribution in [1.82, 2.24) is 0 Å². The summed E-state index contributed by atoms with van der Waals surface area (Å²) in [5.74, 6) is 0.619. The fraction of sp³-hybridized carbons (Fsp3) is 0.185. The van der Waals surface area contributed by atoms with Crippen molar-refractivity contribution in [1.29, 1.82) is 5.26 Å². The molecule has 3 aromatic rings. The van der Waals surface area contributed by atoms with Crippen LogP contribution in [0.25, 0.3) is 6.08 Å². The molecule has 0 unspecified atom stereocenters. The zero-order chi connectivity index (χ0) is 24.8. The van der Waals surface area contributed by atoms with Crippen LogP contribution in [0, 0.1) is 21.4 Å². The van der Waals surface area contributed by atoms with Crippen LogP contribution >= 0.6 is 0 Å².